The van der Waals surface area contributed by atoms with Gasteiger partial charge in [0.25, 0.3) is 0 Å². The van der Waals surface area contributed by atoms with E-state index in [1.165, 1.54) is 30.6 Å². The van der Waals surface area contributed by atoms with Crippen molar-refractivity contribution in [2.75, 3.05) is 13.6 Å². The summed E-state index contributed by atoms with van der Waals surface area (Å²) in [7, 11) is 1.83. The highest BCUT2D eigenvalue weighted by molar-refractivity contribution is 5.80. The van der Waals surface area contributed by atoms with Crippen LogP contribution in [0.2, 0.25) is 0 Å². The number of hydrogen-bond acceptors (Lipinski definition) is 2. The second-order valence-corrected chi connectivity index (χ2v) is 5.79. The van der Waals surface area contributed by atoms with E-state index in [1.807, 2.05) is 7.05 Å². The van der Waals surface area contributed by atoms with Crippen molar-refractivity contribution < 1.29 is 14.7 Å². The van der Waals surface area contributed by atoms with Crippen LogP contribution in [-0.2, 0) is 4.79 Å². The van der Waals surface area contributed by atoms with Crippen LogP contribution in [0.25, 0.3) is 0 Å². The average Bonchev–Trinajstić information content (AvgIpc) is 3.19. The van der Waals surface area contributed by atoms with E-state index in [4.69, 9.17) is 5.11 Å². The Morgan fingerprint density at radius 2 is 1.58 bits per heavy atom. The van der Waals surface area contributed by atoms with Gasteiger partial charge in [-0.1, -0.05) is 25.7 Å². The molecule has 0 aromatic carbocycles. The van der Waals surface area contributed by atoms with Crippen LogP contribution >= 0.6 is 0 Å². The quantitative estimate of drug-likeness (QED) is 0.796. The number of carbonyl (C=O) groups is 2. The van der Waals surface area contributed by atoms with Crippen LogP contribution in [-0.4, -0.2) is 52.6 Å². The SMILES string of the molecule is CN(C(=O)N(CC(=O)O)C1CC1)C1CCCCCC1. The van der Waals surface area contributed by atoms with E-state index in [0.717, 1.165) is 25.7 Å². The standard InChI is InChI=1S/C14H24N2O3/c1-15(11-6-4-2-3-5-7-11)14(19)16(10-13(17)18)12-8-9-12/h11-12H,2-10H2,1H3,(H,17,18). The fourth-order valence-corrected chi connectivity index (χ4v) is 2.89. The maximum Gasteiger partial charge on any atom is 0.323 e. The highest BCUT2D eigenvalue weighted by atomic mass is 16.4. The lowest BCUT2D eigenvalue weighted by Gasteiger charge is -2.32. The van der Waals surface area contributed by atoms with E-state index < -0.39 is 5.97 Å². The van der Waals surface area contributed by atoms with Crippen molar-refractivity contribution in [2.45, 2.75) is 63.5 Å². The number of carboxylic acids is 1. The minimum Gasteiger partial charge on any atom is -0.480 e. The zero-order valence-corrected chi connectivity index (χ0v) is 11.7. The van der Waals surface area contributed by atoms with Gasteiger partial charge in [-0.05, 0) is 25.7 Å². The highest BCUT2D eigenvalue weighted by Gasteiger charge is 2.36. The first-order chi connectivity index (χ1) is 9.09. The summed E-state index contributed by atoms with van der Waals surface area (Å²) < 4.78 is 0. The monoisotopic (exact) mass is 268 g/mol. The molecule has 2 amide bonds. The third-order valence-corrected chi connectivity index (χ3v) is 4.21. The lowest BCUT2D eigenvalue weighted by Crippen LogP contribution is -2.48. The first kappa shape index (κ1) is 14.2. The van der Waals surface area contributed by atoms with E-state index in [1.54, 1.807) is 4.90 Å². The molecule has 0 bridgehead atoms. The molecule has 5 heteroatoms. The van der Waals surface area contributed by atoms with Crippen molar-refractivity contribution in [3.63, 3.8) is 0 Å². The fraction of sp³-hybridized carbons (Fsp3) is 0.857. The zero-order valence-electron chi connectivity index (χ0n) is 11.7. The van der Waals surface area contributed by atoms with Gasteiger partial charge >= 0.3 is 12.0 Å². The van der Waals surface area contributed by atoms with Gasteiger partial charge in [-0.3, -0.25) is 4.79 Å². The molecule has 0 radical (unpaired) electrons. The maximum absolute atomic E-state index is 12.5. The molecule has 0 aromatic heterocycles. The van der Waals surface area contributed by atoms with Gasteiger partial charge in [0.1, 0.15) is 6.54 Å². The van der Waals surface area contributed by atoms with Gasteiger partial charge in [0.2, 0.25) is 0 Å². The van der Waals surface area contributed by atoms with Crippen LogP contribution < -0.4 is 0 Å². The number of urea groups is 1. The van der Waals surface area contributed by atoms with E-state index in [2.05, 4.69) is 0 Å². The first-order valence-electron chi connectivity index (χ1n) is 7.35. The summed E-state index contributed by atoms with van der Waals surface area (Å²) in [6.45, 7) is -0.166. The molecule has 2 fully saturated rings. The highest BCUT2D eigenvalue weighted by Crippen LogP contribution is 2.29. The van der Waals surface area contributed by atoms with Crippen LogP contribution in [0.1, 0.15) is 51.4 Å². The van der Waals surface area contributed by atoms with E-state index >= 15 is 0 Å². The molecule has 0 heterocycles. The molecular weight excluding hydrogens is 244 g/mol. The van der Waals surface area contributed by atoms with Crippen molar-refractivity contribution >= 4 is 12.0 Å². The van der Waals surface area contributed by atoms with Crippen LogP contribution in [0.5, 0.6) is 0 Å². The molecule has 0 aromatic rings. The Balaban J connectivity index is 1.96. The Hall–Kier alpha value is -1.26. The van der Waals surface area contributed by atoms with Gasteiger partial charge in [0, 0.05) is 19.1 Å². The fourth-order valence-electron chi connectivity index (χ4n) is 2.89. The Kier molecular flexibility index (Phi) is 4.66. The Labute approximate surface area is 114 Å². The van der Waals surface area contributed by atoms with Crippen LogP contribution in [0.3, 0.4) is 0 Å². The van der Waals surface area contributed by atoms with E-state index in [-0.39, 0.29) is 24.7 Å². The van der Waals surface area contributed by atoms with Crippen LogP contribution in [0.15, 0.2) is 0 Å². The summed E-state index contributed by atoms with van der Waals surface area (Å²) in [4.78, 5) is 26.7. The van der Waals surface area contributed by atoms with Crippen molar-refractivity contribution in [2.24, 2.45) is 0 Å². The summed E-state index contributed by atoms with van der Waals surface area (Å²) >= 11 is 0. The van der Waals surface area contributed by atoms with Crippen molar-refractivity contribution in [1.82, 2.24) is 9.80 Å². The molecule has 0 aliphatic heterocycles. The Morgan fingerprint density at radius 3 is 2.05 bits per heavy atom. The Bertz CT molecular complexity index is 334. The van der Waals surface area contributed by atoms with E-state index in [0.29, 0.717) is 0 Å². The summed E-state index contributed by atoms with van der Waals surface area (Å²) in [5.74, 6) is -0.922. The molecule has 5 nitrogen and oxygen atoms in total. The molecule has 108 valence electrons. The largest absolute Gasteiger partial charge is 0.480 e. The maximum atomic E-state index is 12.5. The molecule has 2 saturated carbocycles. The Morgan fingerprint density at radius 1 is 1.00 bits per heavy atom. The third-order valence-electron chi connectivity index (χ3n) is 4.21. The normalized spacial score (nSPS) is 20.7. The topological polar surface area (TPSA) is 60.9 Å². The number of rotatable bonds is 4. The van der Waals surface area contributed by atoms with Gasteiger partial charge in [0.05, 0.1) is 0 Å². The smallest absolute Gasteiger partial charge is 0.323 e. The van der Waals surface area contributed by atoms with Crippen molar-refractivity contribution in [3.8, 4) is 0 Å². The van der Waals surface area contributed by atoms with Crippen LogP contribution in [0, 0.1) is 0 Å². The van der Waals surface area contributed by atoms with Gasteiger partial charge < -0.3 is 14.9 Å². The second kappa shape index (κ2) is 6.26. The molecular formula is C14H24N2O3. The molecule has 0 atom stereocenters. The minimum absolute atomic E-state index is 0.100. The van der Waals surface area contributed by atoms with Gasteiger partial charge in [-0.2, -0.15) is 0 Å². The number of nitrogens with zero attached hydrogens (tertiary/aromatic N) is 2. The molecule has 19 heavy (non-hydrogen) atoms. The molecule has 2 rings (SSSR count). The molecule has 0 unspecified atom stereocenters. The number of aliphatic carboxylic acids is 1. The molecule has 2 aliphatic rings. The number of carbonyl (C=O) groups excluding carboxylic acids is 1. The van der Waals surface area contributed by atoms with Gasteiger partial charge in [0.15, 0.2) is 0 Å². The predicted octanol–water partition coefficient (Wildman–Crippen LogP) is 2.31. The molecule has 2 aliphatic carbocycles. The summed E-state index contributed by atoms with van der Waals surface area (Å²) in [5, 5.41) is 8.93. The van der Waals surface area contributed by atoms with Crippen molar-refractivity contribution in [1.29, 1.82) is 0 Å². The average molecular weight is 268 g/mol. The number of carboxylic acid groups (broad SMARTS) is 1. The number of amides is 2. The lowest BCUT2D eigenvalue weighted by molar-refractivity contribution is -0.137. The van der Waals surface area contributed by atoms with E-state index in [9.17, 15) is 9.59 Å². The van der Waals surface area contributed by atoms with Gasteiger partial charge in [-0.15, -0.1) is 0 Å². The second-order valence-electron chi connectivity index (χ2n) is 5.79. The number of hydrogen-bond donors (Lipinski definition) is 1. The summed E-state index contributed by atoms with van der Waals surface area (Å²) in [6, 6.07) is 0.332. The summed E-state index contributed by atoms with van der Waals surface area (Å²) in [5.41, 5.74) is 0. The minimum atomic E-state index is -0.922. The molecule has 1 N–H and O–H groups in total. The third kappa shape index (κ3) is 3.85. The lowest BCUT2D eigenvalue weighted by atomic mass is 10.1. The first-order valence-corrected chi connectivity index (χ1v) is 7.35. The van der Waals surface area contributed by atoms with Crippen LogP contribution in [0.4, 0.5) is 4.79 Å². The molecule has 0 spiro atoms. The predicted molar refractivity (Wildman–Crippen MR) is 72.0 cm³/mol. The molecule has 0 saturated heterocycles. The van der Waals surface area contributed by atoms with Gasteiger partial charge in [-0.25, -0.2) is 4.79 Å². The summed E-state index contributed by atoms with van der Waals surface area (Å²) in [6.07, 6.45) is 8.83. The van der Waals surface area contributed by atoms with Crippen molar-refractivity contribution in [3.05, 3.63) is 0 Å². The zero-order chi connectivity index (χ0) is 13.8.